The fourth-order valence-corrected chi connectivity index (χ4v) is 1.76. The van der Waals surface area contributed by atoms with Crippen molar-refractivity contribution in [1.82, 2.24) is 0 Å². The second-order valence-electron chi connectivity index (χ2n) is 3.71. The summed E-state index contributed by atoms with van der Waals surface area (Å²) in [5.74, 6) is 0. The predicted molar refractivity (Wildman–Crippen MR) is 55.7 cm³/mol. The first-order valence-corrected chi connectivity index (χ1v) is 8.60. The van der Waals surface area contributed by atoms with E-state index < -0.39 is 8.07 Å². The van der Waals surface area contributed by atoms with Crippen LogP contribution < -0.4 is 0 Å². The Hall–Kier alpha value is 0.437. The number of hydrogen-bond acceptors (Lipinski definition) is 0. The second kappa shape index (κ2) is 5.14. The van der Waals surface area contributed by atoms with E-state index in [-0.39, 0.29) is 0 Å². The molecule has 10 heavy (non-hydrogen) atoms. The van der Waals surface area contributed by atoms with E-state index in [1.165, 1.54) is 12.5 Å². The van der Waals surface area contributed by atoms with Gasteiger partial charge in [-0.25, -0.2) is 0 Å². The van der Waals surface area contributed by atoms with E-state index in [9.17, 15) is 0 Å². The van der Waals surface area contributed by atoms with Gasteiger partial charge in [0, 0.05) is 13.4 Å². The Balaban J connectivity index is 3.34. The van der Waals surface area contributed by atoms with Crippen molar-refractivity contribution in [3.8, 4) is 0 Å². The average Bonchev–Trinajstić information content (AvgIpc) is 1.78. The summed E-state index contributed by atoms with van der Waals surface area (Å²) in [4.78, 5) is 0. The molecule has 0 aromatic rings. The Morgan fingerprint density at radius 2 is 1.80 bits per heavy atom. The van der Waals surface area contributed by atoms with E-state index in [0.717, 1.165) is 5.33 Å². The van der Waals surface area contributed by atoms with Crippen molar-refractivity contribution in [3.63, 3.8) is 0 Å². The van der Waals surface area contributed by atoms with Crippen LogP contribution in [0.25, 0.3) is 0 Å². The molecule has 0 fully saturated rings. The molecule has 0 saturated carbocycles. The molecule has 0 nitrogen and oxygen atoms in total. The van der Waals surface area contributed by atoms with E-state index in [4.69, 9.17) is 0 Å². The lowest BCUT2D eigenvalue weighted by molar-refractivity contribution is 1.25. The third kappa shape index (κ3) is 8.44. The zero-order valence-electron chi connectivity index (χ0n) is 7.15. The third-order valence-electron chi connectivity index (χ3n) is 1.17. The lowest BCUT2D eigenvalue weighted by Gasteiger charge is -2.11. The van der Waals surface area contributed by atoms with Gasteiger partial charge in [0.15, 0.2) is 0 Å². The van der Waals surface area contributed by atoms with Crippen LogP contribution in [-0.4, -0.2) is 13.4 Å². The van der Waals surface area contributed by atoms with Gasteiger partial charge in [-0.05, 0) is 12.5 Å². The molecule has 0 heterocycles. The van der Waals surface area contributed by atoms with Crippen LogP contribution in [0.4, 0.5) is 0 Å². The Labute approximate surface area is 73.9 Å². The van der Waals surface area contributed by atoms with Crippen LogP contribution in [0.1, 0.15) is 6.42 Å². The monoisotopic (exact) mass is 220 g/mol. The van der Waals surface area contributed by atoms with Crippen LogP contribution in [-0.2, 0) is 0 Å². The largest absolute Gasteiger partial charge is 0.0925 e. The first-order valence-electron chi connectivity index (χ1n) is 3.77. The highest BCUT2D eigenvalue weighted by atomic mass is 79.9. The van der Waals surface area contributed by atoms with Gasteiger partial charge in [0.2, 0.25) is 0 Å². The molecule has 0 aromatic carbocycles. The van der Waals surface area contributed by atoms with Crippen molar-refractivity contribution in [3.05, 3.63) is 12.2 Å². The van der Waals surface area contributed by atoms with Crippen LogP contribution in [0.15, 0.2) is 12.2 Å². The van der Waals surface area contributed by atoms with Crippen LogP contribution in [0.5, 0.6) is 0 Å². The minimum Gasteiger partial charge on any atom is -0.0925 e. The molecule has 0 spiro atoms. The van der Waals surface area contributed by atoms with Gasteiger partial charge in [-0.1, -0.05) is 47.7 Å². The molecule has 0 aliphatic heterocycles. The molecule has 0 rings (SSSR count). The normalized spacial score (nSPS) is 12.8. The first-order chi connectivity index (χ1) is 4.56. The van der Waals surface area contributed by atoms with E-state index in [1.54, 1.807) is 0 Å². The van der Waals surface area contributed by atoms with Gasteiger partial charge in [-0.2, -0.15) is 0 Å². The summed E-state index contributed by atoms with van der Waals surface area (Å²) in [5, 5.41) is 1.09. The molecule has 0 radical (unpaired) electrons. The molecule has 0 atom stereocenters. The van der Waals surface area contributed by atoms with Crippen LogP contribution in [0, 0.1) is 0 Å². The second-order valence-corrected chi connectivity index (χ2v) is 10.0. The number of allylic oxidation sites excluding steroid dienone is 2. The highest BCUT2D eigenvalue weighted by molar-refractivity contribution is 9.09. The van der Waals surface area contributed by atoms with Crippen LogP contribution >= 0.6 is 15.9 Å². The van der Waals surface area contributed by atoms with Crippen LogP contribution in [0.2, 0.25) is 25.7 Å². The summed E-state index contributed by atoms with van der Waals surface area (Å²) >= 11 is 3.39. The fraction of sp³-hybridized carbons (Fsp3) is 0.750. The maximum absolute atomic E-state index is 3.39. The number of alkyl halides is 1. The quantitative estimate of drug-likeness (QED) is 0.386. The van der Waals surface area contributed by atoms with Crippen molar-refractivity contribution in [1.29, 1.82) is 0 Å². The molecule has 60 valence electrons. The van der Waals surface area contributed by atoms with Gasteiger partial charge in [0.25, 0.3) is 0 Å². The fourth-order valence-electron chi connectivity index (χ4n) is 0.618. The zero-order chi connectivity index (χ0) is 8.04. The van der Waals surface area contributed by atoms with E-state index in [0.29, 0.717) is 0 Å². The molecule has 0 unspecified atom stereocenters. The van der Waals surface area contributed by atoms with Crippen molar-refractivity contribution in [2.45, 2.75) is 32.1 Å². The summed E-state index contributed by atoms with van der Waals surface area (Å²) in [6, 6.07) is 1.32. The summed E-state index contributed by atoms with van der Waals surface area (Å²) in [7, 11) is -0.809. The van der Waals surface area contributed by atoms with Gasteiger partial charge in [-0.15, -0.1) is 0 Å². The standard InChI is InChI=1S/C8H17BrSi/c1-10(2,3)8-6-4-5-7-9/h4,6H,5,7-8H2,1-3H3/b6-4-. The average molecular weight is 221 g/mol. The van der Waals surface area contributed by atoms with Gasteiger partial charge in [-0.3, -0.25) is 0 Å². The topological polar surface area (TPSA) is 0 Å². The molecule has 2 heteroatoms. The van der Waals surface area contributed by atoms with E-state index >= 15 is 0 Å². The maximum Gasteiger partial charge on any atom is 0.0480 e. The summed E-state index contributed by atoms with van der Waals surface area (Å²) in [6.07, 6.45) is 5.77. The Kier molecular flexibility index (Phi) is 5.36. The van der Waals surface area contributed by atoms with Gasteiger partial charge in [0.05, 0.1) is 0 Å². The summed E-state index contributed by atoms with van der Waals surface area (Å²) in [5.41, 5.74) is 0. The SMILES string of the molecule is C[Si](C)(C)C/C=C\CCBr. The van der Waals surface area contributed by atoms with Crippen molar-refractivity contribution in [2.75, 3.05) is 5.33 Å². The van der Waals surface area contributed by atoms with E-state index in [1.807, 2.05) is 0 Å². The molecule has 0 amide bonds. The smallest absolute Gasteiger partial charge is 0.0480 e. The molecule has 0 saturated heterocycles. The molecule has 0 aromatic heterocycles. The Morgan fingerprint density at radius 1 is 1.20 bits per heavy atom. The molecule has 0 aliphatic rings. The Morgan fingerprint density at radius 3 is 2.20 bits per heavy atom. The first kappa shape index (κ1) is 10.4. The van der Waals surface area contributed by atoms with Crippen molar-refractivity contribution >= 4 is 24.0 Å². The highest BCUT2D eigenvalue weighted by Crippen LogP contribution is 2.08. The van der Waals surface area contributed by atoms with Gasteiger partial charge < -0.3 is 0 Å². The lowest BCUT2D eigenvalue weighted by atomic mass is 10.4. The minimum atomic E-state index is -0.809. The number of hydrogen-bond donors (Lipinski definition) is 0. The van der Waals surface area contributed by atoms with Crippen LogP contribution in [0.3, 0.4) is 0 Å². The van der Waals surface area contributed by atoms with Crippen molar-refractivity contribution < 1.29 is 0 Å². The maximum atomic E-state index is 3.39. The lowest BCUT2D eigenvalue weighted by Crippen LogP contribution is -2.17. The van der Waals surface area contributed by atoms with Crippen molar-refractivity contribution in [2.24, 2.45) is 0 Å². The highest BCUT2D eigenvalue weighted by Gasteiger charge is 2.08. The summed E-state index contributed by atoms with van der Waals surface area (Å²) in [6.45, 7) is 7.18. The zero-order valence-corrected chi connectivity index (χ0v) is 9.74. The summed E-state index contributed by atoms with van der Waals surface area (Å²) < 4.78 is 0. The minimum absolute atomic E-state index is 0.809. The number of rotatable bonds is 4. The van der Waals surface area contributed by atoms with Gasteiger partial charge >= 0.3 is 0 Å². The number of halogens is 1. The molecular formula is C8H17BrSi. The molecule has 0 N–H and O–H groups in total. The Bertz CT molecular complexity index is 102. The molecule has 0 aliphatic carbocycles. The van der Waals surface area contributed by atoms with Gasteiger partial charge in [0.1, 0.15) is 0 Å². The molecule has 0 bridgehead atoms. The third-order valence-corrected chi connectivity index (χ3v) is 3.09. The van der Waals surface area contributed by atoms with E-state index in [2.05, 4.69) is 47.7 Å². The molecular weight excluding hydrogens is 204 g/mol. The predicted octanol–water partition coefficient (Wildman–Crippen LogP) is 3.67.